The Morgan fingerprint density at radius 2 is 1.68 bits per heavy atom. The van der Waals surface area contributed by atoms with Gasteiger partial charge >= 0.3 is 0 Å². The van der Waals surface area contributed by atoms with Crippen molar-refractivity contribution < 1.29 is 14.0 Å². The number of Topliss-reactive ketones (excluding diaryl/α,β-unsaturated/α-hetero) is 2. The molecule has 1 aliphatic carbocycles. The van der Waals surface area contributed by atoms with Gasteiger partial charge in [-0.1, -0.05) is 32.9 Å². The van der Waals surface area contributed by atoms with Crippen LogP contribution in [0.2, 0.25) is 0 Å². The molecule has 2 rings (SSSR count). The number of rotatable bonds is 4. The minimum absolute atomic E-state index is 0.0287. The zero-order valence-electron chi connectivity index (χ0n) is 11.6. The third-order valence-electron chi connectivity index (χ3n) is 3.68. The van der Waals surface area contributed by atoms with Crippen LogP contribution >= 0.6 is 0 Å². The molecule has 0 heterocycles. The van der Waals surface area contributed by atoms with E-state index in [1.54, 1.807) is 12.1 Å². The quantitative estimate of drug-likeness (QED) is 0.780. The Balaban J connectivity index is 2.12. The van der Waals surface area contributed by atoms with Gasteiger partial charge in [-0.25, -0.2) is 4.39 Å². The SMILES string of the molecule is CC(C)(C)C(=O)C1(C(=O)Cc2ccc(F)cc2)CC1. The molecule has 0 unspecified atom stereocenters. The first-order valence-electron chi connectivity index (χ1n) is 6.58. The molecule has 0 spiro atoms. The molecule has 0 bridgehead atoms. The standard InChI is InChI=1S/C16H19FO2/c1-15(2,3)14(19)16(8-9-16)13(18)10-11-4-6-12(17)7-5-11/h4-7H,8-10H2,1-3H3. The molecular weight excluding hydrogens is 243 g/mol. The van der Waals surface area contributed by atoms with E-state index in [4.69, 9.17) is 0 Å². The van der Waals surface area contributed by atoms with E-state index in [1.807, 2.05) is 20.8 Å². The van der Waals surface area contributed by atoms with E-state index < -0.39 is 10.8 Å². The van der Waals surface area contributed by atoms with Crippen molar-refractivity contribution in [2.24, 2.45) is 10.8 Å². The lowest BCUT2D eigenvalue weighted by Crippen LogP contribution is -2.36. The van der Waals surface area contributed by atoms with Crippen molar-refractivity contribution in [1.82, 2.24) is 0 Å². The molecule has 1 saturated carbocycles. The first-order chi connectivity index (χ1) is 8.75. The molecule has 3 heteroatoms. The maximum absolute atomic E-state index is 12.8. The fourth-order valence-corrected chi connectivity index (χ4v) is 2.43. The van der Waals surface area contributed by atoms with Gasteiger partial charge in [-0.05, 0) is 30.5 Å². The fourth-order valence-electron chi connectivity index (χ4n) is 2.43. The monoisotopic (exact) mass is 262 g/mol. The van der Waals surface area contributed by atoms with Gasteiger partial charge in [0.25, 0.3) is 0 Å². The van der Waals surface area contributed by atoms with Crippen LogP contribution < -0.4 is 0 Å². The highest BCUT2D eigenvalue weighted by molar-refractivity contribution is 6.12. The third-order valence-corrected chi connectivity index (χ3v) is 3.68. The van der Waals surface area contributed by atoms with Gasteiger partial charge in [-0.2, -0.15) is 0 Å². The molecule has 0 N–H and O–H groups in total. The Bertz CT molecular complexity index is 505. The van der Waals surface area contributed by atoms with Crippen molar-refractivity contribution in [1.29, 1.82) is 0 Å². The summed E-state index contributed by atoms with van der Waals surface area (Å²) in [5.41, 5.74) is -0.499. The minimum atomic E-state index is -0.771. The fraction of sp³-hybridized carbons (Fsp3) is 0.500. The zero-order chi connectivity index (χ0) is 14.3. The summed E-state index contributed by atoms with van der Waals surface area (Å²) in [7, 11) is 0. The molecule has 0 aromatic heterocycles. The lowest BCUT2D eigenvalue weighted by atomic mass is 9.78. The molecule has 1 fully saturated rings. The number of hydrogen-bond donors (Lipinski definition) is 0. The van der Waals surface area contributed by atoms with Crippen molar-refractivity contribution in [3.63, 3.8) is 0 Å². The smallest absolute Gasteiger partial charge is 0.151 e. The van der Waals surface area contributed by atoms with Gasteiger partial charge in [-0.3, -0.25) is 9.59 Å². The van der Waals surface area contributed by atoms with Crippen LogP contribution in [0.1, 0.15) is 39.2 Å². The summed E-state index contributed by atoms with van der Waals surface area (Å²) in [5, 5.41) is 0. The summed E-state index contributed by atoms with van der Waals surface area (Å²) in [6, 6.07) is 5.89. The highest BCUT2D eigenvalue weighted by Crippen LogP contribution is 2.51. The van der Waals surface area contributed by atoms with Crippen molar-refractivity contribution in [2.75, 3.05) is 0 Å². The van der Waals surface area contributed by atoms with E-state index in [0.29, 0.717) is 12.8 Å². The van der Waals surface area contributed by atoms with Crippen LogP contribution in [0.3, 0.4) is 0 Å². The second-order valence-electron chi connectivity index (χ2n) is 6.39. The van der Waals surface area contributed by atoms with Crippen LogP contribution in [0.5, 0.6) is 0 Å². The number of carbonyl (C=O) groups is 2. The summed E-state index contributed by atoms with van der Waals surface area (Å²) < 4.78 is 12.8. The van der Waals surface area contributed by atoms with Crippen LogP contribution in [-0.4, -0.2) is 11.6 Å². The number of hydrogen-bond acceptors (Lipinski definition) is 2. The van der Waals surface area contributed by atoms with Crippen LogP contribution in [0, 0.1) is 16.6 Å². The topological polar surface area (TPSA) is 34.1 Å². The van der Waals surface area contributed by atoms with Crippen LogP contribution in [0.25, 0.3) is 0 Å². The molecule has 0 atom stereocenters. The number of carbonyl (C=O) groups excluding carboxylic acids is 2. The summed E-state index contributed by atoms with van der Waals surface area (Å²) in [4.78, 5) is 24.7. The third kappa shape index (κ3) is 2.75. The van der Waals surface area contributed by atoms with E-state index in [9.17, 15) is 14.0 Å². The van der Waals surface area contributed by atoms with Crippen LogP contribution in [-0.2, 0) is 16.0 Å². The normalized spacial score (nSPS) is 17.1. The zero-order valence-corrected chi connectivity index (χ0v) is 11.6. The molecule has 1 aromatic carbocycles. The Hall–Kier alpha value is -1.51. The molecule has 19 heavy (non-hydrogen) atoms. The molecule has 0 amide bonds. The van der Waals surface area contributed by atoms with E-state index >= 15 is 0 Å². The number of ketones is 2. The molecule has 0 saturated heterocycles. The van der Waals surface area contributed by atoms with Gasteiger partial charge in [-0.15, -0.1) is 0 Å². The predicted octanol–water partition coefficient (Wildman–Crippen LogP) is 3.33. The molecule has 102 valence electrons. The molecule has 1 aliphatic rings. The number of halogens is 1. The van der Waals surface area contributed by atoms with Crippen molar-refractivity contribution in [3.05, 3.63) is 35.6 Å². The molecule has 2 nitrogen and oxygen atoms in total. The average Bonchev–Trinajstić information content (AvgIpc) is 3.11. The summed E-state index contributed by atoms with van der Waals surface area (Å²) in [6.45, 7) is 5.54. The second kappa shape index (κ2) is 4.55. The van der Waals surface area contributed by atoms with Gasteiger partial charge in [0.1, 0.15) is 5.82 Å². The Morgan fingerprint density at radius 1 is 1.16 bits per heavy atom. The van der Waals surface area contributed by atoms with E-state index in [1.165, 1.54) is 12.1 Å². The van der Waals surface area contributed by atoms with E-state index in [-0.39, 0.29) is 23.8 Å². The maximum Gasteiger partial charge on any atom is 0.151 e. The first-order valence-corrected chi connectivity index (χ1v) is 6.58. The van der Waals surface area contributed by atoms with Gasteiger partial charge in [0.15, 0.2) is 11.6 Å². The predicted molar refractivity (Wildman–Crippen MR) is 71.2 cm³/mol. The van der Waals surface area contributed by atoms with Gasteiger partial charge < -0.3 is 0 Å². The van der Waals surface area contributed by atoms with Crippen LogP contribution in [0.4, 0.5) is 4.39 Å². The minimum Gasteiger partial charge on any atom is -0.298 e. The lowest BCUT2D eigenvalue weighted by Gasteiger charge is -2.23. The Morgan fingerprint density at radius 3 is 2.11 bits per heavy atom. The molecular formula is C16H19FO2. The highest BCUT2D eigenvalue weighted by atomic mass is 19.1. The van der Waals surface area contributed by atoms with Gasteiger partial charge in [0, 0.05) is 11.8 Å². The maximum atomic E-state index is 12.8. The summed E-state index contributed by atoms with van der Waals surface area (Å²) in [6.07, 6.45) is 1.52. The van der Waals surface area contributed by atoms with Gasteiger partial charge in [0.2, 0.25) is 0 Å². The van der Waals surface area contributed by atoms with Crippen molar-refractivity contribution in [3.8, 4) is 0 Å². The van der Waals surface area contributed by atoms with Crippen molar-refractivity contribution in [2.45, 2.75) is 40.0 Å². The van der Waals surface area contributed by atoms with Crippen LogP contribution in [0.15, 0.2) is 24.3 Å². The van der Waals surface area contributed by atoms with E-state index in [0.717, 1.165) is 5.56 Å². The number of benzene rings is 1. The Kier molecular flexibility index (Phi) is 3.33. The van der Waals surface area contributed by atoms with E-state index in [2.05, 4.69) is 0 Å². The largest absolute Gasteiger partial charge is 0.298 e. The first kappa shape index (κ1) is 13.9. The average molecular weight is 262 g/mol. The second-order valence-corrected chi connectivity index (χ2v) is 6.39. The molecule has 0 aliphatic heterocycles. The highest BCUT2D eigenvalue weighted by Gasteiger charge is 2.57. The van der Waals surface area contributed by atoms with Gasteiger partial charge in [0.05, 0.1) is 5.41 Å². The lowest BCUT2D eigenvalue weighted by molar-refractivity contribution is -0.139. The summed E-state index contributed by atoms with van der Waals surface area (Å²) >= 11 is 0. The molecule has 0 radical (unpaired) electrons. The summed E-state index contributed by atoms with van der Waals surface area (Å²) in [5.74, 6) is -0.311. The Labute approximate surface area is 113 Å². The molecule has 1 aromatic rings. The van der Waals surface area contributed by atoms with Crippen molar-refractivity contribution >= 4 is 11.6 Å².